The molecule has 9 heteroatoms. The molecule has 170 valence electrons. The molecule has 0 spiro atoms. The van der Waals surface area contributed by atoms with Gasteiger partial charge in [-0.05, 0) is 42.2 Å². The topological polar surface area (TPSA) is 87.2 Å². The van der Waals surface area contributed by atoms with Crippen LogP contribution < -0.4 is 10.6 Å². The zero-order valence-electron chi connectivity index (χ0n) is 18.3. The molecule has 0 fully saturated rings. The minimum Gasteiger partial charge on any atom is -0.354 e. The van der Waals surface area contributed by atoms with Crippen molar-refractivity contribution in [2.45, 2.75) is 26.3 Å². The van der Waals surface area contributed by atoms with Crippen LogP contribution in [0.3, 0.4) is 0 Å². The smallest absolute Gasteiger partial charge is 0.269 e. The number of anilines is 1. The number of hydrogen-bond acceptors (Lipinski definition) is 6. The van der Waals surface area contributed by atoms with Crippen molar-refractivity contribution in [3.8, 4) is 0 Å². The highest BCUT2D eigenvalue weighted by atomic mass is 19.1. The fourth-order valence-corrected chi connectivity index (χ4v) is 3.96. The standard InChI is InChI=1S/C24H23F2N5O2/c1-3-14-10-19-22(29-20(14)13-32)21(25)16(11-28-19)12-31-8-6-15(7-9-31)17-4-5-18(24(33)27-2)30-23(17)26/h4-6,10-11,29H,3,7-9,12H2,1-2H3,(H,27,33). The number of hydrogen-bond donors (Lipinski definition) is 2. The van der Waals surface area contributed by atoms with Gasteiger partial charge in [-0.1, -0.05) is 13.0 Å². The van der Waals surface area contributed by atoms with Gasteiger partial charge in [0.15, 0.2) is 11.8 Å². The molecule has 7 nitrogen and oxygen atoms in total. The first-order chi connectivity index (χ1) is 15.9. The first-order valence-corrected chi connectivity index (χ1v) is 10.7. The van der Waals surface area contributed by atoms with Crippen molar-refractivity contribution < 1.29 is 18.4 Å². The van der Waals surface area contributed by atoms with Crippen LogP contribution in [0, 0.1) is 11.8 Å². The molecule has 33 heavy (non-hydrogen) atoms. The summed E-state index contributed by atoms with van der Waals surface area (Å²) in [5, 5.41) is 5.24. The van der Waals surface area contributed by atoms with E-state index < -0.39 is 17.7 Å². The van der Waals surface area contributed by atoms with Crippen LogP contribution in [-0.4, -0.2) is 46.9 Å². The van der Waals surface area contributed by atoms with Gasteiger partial charge in [0.1, 0.15) is 17.1 Å². The van der Waals surface area contributed by atoms with Crippen LogP contribution >= 0.6 is 0 Å². The summed E-state index contributed by atoms with van der Waals surface area (Å²) in [6.45, 7) is 3.30. The first kappa shape index (κ1) is 22.5. The molecule has 4 rings (SSSR count). The molecule has 0 radical (unpaired) electrons. The second-order valence-electron chi connectivity index (χ2n) is 7.81. The normalized spacial score (nSPS) is 15.7. The Labute approximate surface area is 189 Å². The average molecular weight is 451 g/mol. The number of pyridine rings is 2. The van der Waals surface area contributed by atoms with Crippen molar-refractivity contribution >= 4 is 29.2 Å². The lowest BCUT2D eigenvalue weighted by atomic mass is 9.99. The second kappa shape index (κ2) is 9.44. The molecule has 1 amide bonds. The summed E-state index contributed by atoms with van der Waals surface area (Å²) < 4.78 is 29.6. The zero-order valence-corrected chi connectivity index (χ0v) is 18.3. The highest BCUT2D eigenvalue weighted by Crippen LogP contribution is 2.32. The van der Waals surface area contributed by atoms with Crippen molar-refractivity contribution in [1.82, 2.24) is 20.2 Å². The number of fused-ring (bicyclic) bond motifs is 1. The maximum absolute atomic E-state index is 15.2. The van der Waals surface area contributed by atoms with E-state index >= 15 is 4.39 Å². The summed E-state index contributed by atoms with van der Waals surface area (Å²) in [6, 6.07) is 3.05. The maximum Gasteiger partial charge on any atom is 0.269 e. The minimum atomic E-state index is -0.689. The molecule has 4 heterocycles. The van der Waals surface area contributed by atoms with Gasteiger partial charge in [0.25, 0.3) is 5.91 Å². The van der Waals surface area contributed by atoms with E-state index in [0.29, 0.717) is 49.3 Å². The summed E-state index contributed by atoms with van der Waals surface area (Å²) in [5.74, 6) is 0.241. The number of amides is 1. The lowest BCUT2D eigenvalue weighted by Gasteiger charge is -2.27. The fraction of sp³-hybridized carbons (Fsp3) is 0.292. The first-order valence-electron chi connectivity index (χ1n) is 10.7. The molecule has 0 bridgehead atoms. The van der Waals surface area contributed by atoms with Crippen molar-refractivity contribution in [1.29, 1.82) is 0 Å². The van der Waals surface area contributed by atoms with E-state index in [-0.39, 0.29) is 17.1 Å². The van der Waals surface area contributed by atoms with Crippen LogP contribution in [0.5, 0.6) is 0 Å². The van der Waals surface area contributed by atoms with Crippen LogP contribution in [-0.2, 0) is 11.3 Å². The van der Waals surface area contributed by atoms with Gasteiger partial charge in [-0.15, -0.1) is 0 Å². The van der Waals surface area contributed by atoms with Gasteiger partial charge < -0.3 is 10.6 Å². The Morgan fingerprint density at radius 2 is 2.15 bits per heavy atom. The minimum absolute atomic E-state index is 0.0225. The van der Waals surface area contributed by atoms with Gasteiger partial charge in [0, 0.05) is 44.0 Å². The predicted molar refractivity (Wildman–Crippen MR) is 121 cm³/mol. The Morgan fingerprint density at radius 1 is 1.33 bits per heavy atom. The van der Waals surface area contributed by atoms with E-state index in [9.17, 15) is 14.0 Å². The highest BCUT2D eigenvalue weighted by molar-refractivity contribution is 5.92. The molecule has 2 N–H and O–H groups in total. The average Bonchev–Trinajstić information content (AvgIpc) is 2.85. The van der Waals surface area contributed by atoms with Crippen LogP contribution in [0.4, 0.5) is 14.5 Å². The summed E-state index contributed by atoms with van der Waals surface area (Å²) in [5.41, 5.74) is 3.18. The van der Waals surface area contributed by atoms with E-state index in [4.69, 9.17) is 0 Å². The van der Waals surface area contributed by atoms with Gasteiger partial charge in [-0.3, -0.25) is 14.7 Å². The van der Waals surface area contributed by atoms with Gasteiger partial charge in [-0.2, -0.15) is 4.39 Å². The number of rotatable bonds is 5. The SMILES string of the molecule is CCC1=Cc2ncc(CN3CC=C(c4ccc(C(=O)NC)nc4F)CC3)c(F)c2NC1=C=O. The Hall–Kier alpha value is -3.68. The molecular formula is C24H23F2N5O2. The van der Waals surface area contributed by atoms with Crippen molar-refractivity contribution in [2.24, 2.45) is 0 Å². The third kappa shape index (κ3) is 4.46. The van der Waals surface area contributed by atoms with Crippen molar-refractivity contribution in [3.05, 3.63) is 70.0 Å². The zero-order chi connectivity index (χ0) is 23.5. The molecule has 0 unspecified atom stereocenters. The molecule has 0 atom stereocenters. The molecule has 0 aromatic carbocycles. The van der Waals surface area contributed by atoms with Crippen LogP contribution in [0.15, 0.2) is 35.7 Å². The number of nitrogens with zero attached hydrogens (tertiary/aromatic N) is 3. The predicted octanol–water partition coefficient (Wildman–Crippen LogP) is 3.34. The number of carbonyl (C=O) groups excluding carboxylic acids is 2. The number of carbonyl (C=O) groups is 1. The Bertz CT molecular complexity index is 1230. The Balaban J connectivity index is 1.49. The fourth-order valence-electron chi connectivity index (χ4n) is 3.96. The second-order valence-corrected chi connectivity index (χ2v) is 7.81. The maximum atomic E-state index is 15.2. The number of halogens is 2. The van der Waals surface area contributed by atoms with Gasteiger partial charge in [0.2, 0.25) is 5.95 Å². The van der Waals surface area contributed by atoms with Crippen LogP contribution in [0.1, 0.15) is 47.1 Å². The Kier molecular flexibility index (Phi) is 6.44. The molecular weight excluding hydrogens is 428 g/mol. The molecule has 2 aliphatic heterocycles. The lowest BCUT2D eigenvalue weighted by Crippen LogP contribution is -2.29. The molecule has 0 saturated heterocycles. The van der Waals surface area contributed by atoms with Crippen molar-refractivity contribution in [3.63, 3.8) is 0 Å². The van der Waals surface area contributed by atoms with E-state index in [2.05, 4.69) is 20.6 Å². The monoisotopic (exact) mass is 451 g/mol. The summed E-state index contributed by atoms with van der Waals surface area (Å²) in [6.07, 6.45) is 6.25. The van der Waals surface area contributed by atoms with Crippen LogP contribution in [0.25, 0.3) is 11.6 Å². The summed E-state index contributed by atoms with van der Waals surface area (Å²) in [4.78, 5) is 33.0. The third-order valence-electron chi connectivity index (χ3n) is 5.82. The van der Waals surface area contributed by atoms with Gasteiger partial charge in [-0.25, -0.2) is 14.2 Å². The van der Waals surface area contributed by atoms with Gasteiger partial charge >= 0.3 is 0 Å². The number of allylic oxidation sites excluding steroid dienone is 1. The molecule has 2 aromatic rings. The van der Waals surface area contributed by atoms with E-state index in [1.54, 1.807) is 12.1 Å². The number of aromatic nitrogens is 2. The van der Waals surface area contributed by atoms with E-state index in [1.807, 2.05) is 23.8 Å². The van der Waals surface area contributed by atoms with E-state index in [1.165, 1.54) is 19.3 Å². The van der Waals surface area contributed by atoms with Gasteiger partial charge in [0.05, 0.1) is 5.69 Å². The molecule has 0 aliphatic carbocycles. The van der Waals surface area contributed by atoms with Crippen LogP contribution in [0.2, 0.25) is 0 Å². The number of nitrogens with one attached hydrogen (secondary N) is 2. The lowest BCUT2D eigenvalue weighted by molar-refractivity contribution is 0.0957. The van der Waals surface area contributed by atoms with E-state index in [0.717, 1.165) is 11.1 Å². The summed E-state index contributed by atoms with van der Waals surface area (Å²) >= 11 is 0. The van der Waals surface area contributed by atoms with Crippen molar-refractivity contribution in [2.75, 3.05) is 25.5 Å². The molecule has 2 aliphatic rings. The quantitative estimate of drug-likeness (QED) is 0.536. The molecule has 2 aromatic heterocycles. The highest BCUT2D eigenvalue weighted by Gasteiger charge is 2.23. The summed E-state index contributed by atoms with van der Waals surface area (Å²) in [7, 11) is 1.46. The molecule has 0 saturated carbocycles. The third-order valence-corrected chi connectivity index (χ3v) is 5.82. The largest absolute Gasteiger partial charge is 0.354 e. The Morgan fingerprint density at radius 3 is 2.79 bits per heavy atom.